The highest BCUT2D eigenvalue weighted by Gasteiger charge is 2.64. The molecular weight excluding hydrogens is 186 g/mol. The summed E-state index contributed by atoms with van der Waals surface area (Å²) in [4.78, 5) is 26.5. The van der Waals surface area contributed by atoms with Crippen molar-refractivity contribution in [2.45, 2.75) is 12.5 Å². The highest BCUT2D eigenvalue weighted by molar-refractivity contribution is 6.83. The van der Waals surface area contributed by atoms with E-state index in [0.717, 1.165) is 0 Å². The van der Waals surface area contributed by atoms with Crippen molar-refractivity contribution >= 4 is 17.9 Å². The fourth-order valence-electron chi connectivity index (χ4n) is 0.851. The minimum absolute atomic E-state index is 0.291. The second kappa shape index (κ2) is 2.91. The molecule has 0 bridgehead atoms. The Balaban J connectivity index is 2.25. The van der Waals surface area contributed by atoms with E-state index in [1.807, 2.05) is 0 Å². The molecule has 0 amide bonds. The van der Waals surface area contributed by atoms with Gasteiger partial charge in [0.25, 0.3) is 0 Å². The lowest BCUT2D eigenvalue weighted by molar-refractivity contribution is 0.000329. The van der Waals surface area contributed by atoms with E-state index >= 15 is 0 Å². The first-order valence-corrected chi connectivity index (χ1v) is 6.93. The molecule has 0 aliphatic carbocycles. The van der Waals surface area contributed by atoms with E-state index in [4.69, 9.17) is 15.3 Å². The lowest BCUT2D eigenvalue weighted by atomic mass is 10.5. The molecule has 0 unspecified atom stereocenters. The van der Waals surface area contributed by atoms with Crippen molar-refractivity contribution in [1.82, 2.24) is 0 Å². The van der Waals surface area contributed by atoms with Gasteiger partial charge in [0.1, 0.15) is 0 Å². The third-order valence-corrected chi connectivity index (χ3v) is 6.95. The van der Waals surface area contributed by atoms with Crippen LogP contribution in [0.25, 0.3) is 0 Å². The van der Waals surface area contributed by atoms with Crippen LogP contribution in [-0.4, -0.2) is 38.8 Å². The van der Waals surface area contributed by atoms with E-state index in [2.05, 4.69) is 8.23 Å². The van der Waals surface area contributed by atoms with Gasteiger partial charge in [0.2, 0.25) is 0 Å². The van der Waals surface area contributed by atoms with Crippen LogP contribution in [-0.2, 0) is 8.23 Å². The number of rotatable bonds is 3. The van der Waals surface area contributed by atoms with E-state index in [-0.39, 0.29) is 0 Å². The lowest BCUT2D eigenvalue weighted by Gasteiger charge is -2.39. The highest BCUT2D eigenvalue weighted by Crippen LogP contribution is 2.28. The maximum Gasteiger partial charge on any atom is 0.659 e. The first-order chi connectivity index (χ1) is 4.97. The Kier molecular flexibility index (Phi) is 2.46. The maximum atomic E-state index is 9.23. The normalized spacial score (nSPS) is 26.2. The van der Waals surface area contributed by atoms with Gasteiger partial charge in [0, 0.05) is 6.04 Å². The summed E-state index contributed by atoms with van der Waals surface area (Å²) in [6.45, 7) is 0.424. The summed E-state index contributed by atoms with van der Waals surface area (Å²) in [5, 5.41) is 0. The first-order valence-electron chi connectivity index (χ1n) is 3.25. The Morgan fingerprint density at radius 3 is 2.09 bits per heavy atom. The van der Waals surface area contributed by atoms with E-state index in [1.165, 1.54) is 0 Å². The van der Waals surface area contributed by atoms with Crippen LogP contribution in [0.3, 0.4) is 0 Å². The van der Waals surface area contributed by atoms with Crippen molar-refractivity contribution in [1.29, 1.82) is 0 Å². The average Bonchev–Trinajstić information content (AvgIpc) is 1.79. The number of hydrogen-bond acceptors (Lipinski definition) is 6. The summed E-state index contributed by atoms with van der Waals surface area (Å²) in [5.41, 5.74) is 5.17. The van der Waals surface area contributed by atoms with Crippen LogP contribution in [0.5, 0.6) is 0 Å². The molecule has 1 aliphatic heterocycles. The van der Waals surface area contributed by atoms with Crippen LogP contribution < -0.4 is 5.73 Å². The fraction of sp³-hybridized carbons (Fsp3) is 1.00. The van der Waals surface area contributed by atoms with Crippen molar-refractivity contribution in [3.8, 4) is 0 Å². The number of nitrogens with two attached hydrogens (primary N) is 1. The van der Waals surface area contributed by atoms with Crippen LogP contribution in [0.15, 0.2) is 0 Å². The van der Waals surface area contributed by atoms with Crippen LogP contribution in [0, 0.1) is 0 Å². The molecule has 1 rings (SSSR count). The molecule has 0 aromatic heterocycles. The van der Waals surface area contributed by atoms with E-state index in [0.29, 0.717) is 19.0 Å². The molecule has 0 aromatic rings. The molecule has 5 N–H and O–H groups in total. The van der Waals surface area contributed by atoms with Gasteiger partial charge in [-0.1, -0.05) is 0 Å². The average molecular weight is 197 g/mol. The van der Waals surface area contributed by atoms with Crippen molar-refractivity contribution < 1.29 is 22.6 Å². The molecule has 1 fully saturated rings. The van der Waals surface area contributed by atoms with Gasteiger partial charge in [-0.05, 0) is 13.0 Å². The van der Waals surface area contributed by atoms with Gasteiger partial charge in [0.05, 0.1) is 0 Å². The summed E-state index contributed by atoms with van der Waals surface area (Å²) in [7, 11) is -7.04. The smallest absolute Gasteiger partial charge is 0.391 e. The molecule has 66 valence electrons. The molecule has 0 radical (unpaired) electrons. The predicted molar refractivity (Wildman–Crippen MR) is 38.8 cm³/mol. The Morgan fingerprint density at radius 1 is 1.18 bits per heavy atom. The standard InChI is InChI=1S/C3H11NO5Si2/c4-2-1-3-10(5)8-11(6,7)9-10/h5-7H,1-4H2. The minimum Gasteiger partial charge on any atom is -0.391 e. The summed E-state index contributed by atoms with van der Waals surface area (Å²) in [6.07, 6.45) is 0.563. The van der Waals surface area contributed by atoms with Crippen molar-refractivity contribution in [3.05, 3.63) is 0 Å². The maximum absolute atomic E-state index is 9.23. The predicted octanol–water partition coefficient (Wildman–Crippen LogP) is -2.27. The zero-order valence-corrected chi connectivity index (χ0v) is 7.86. The van der Waals surface area contributed by atoms with E-state index in [9.17, 15) is 4.80 Å². The monoisotopic (exact) mass is 197 g/mol. The molecule has 0 aromatic carbocycles. The van der Waals surface area contributed by atoms with Gasteiger partial charge in [-0.25, -0.2) is 0 Å². The van der Waals surface area contributed by atoms with Crippen molar-refractivity contribution in [2.24, 2.45) is 5.73 Å². The topological polar surface area (TPSA) is 105 Å². The first kappa shape index (κ1) is 9.28. The zero-order valence-electron chi connectivity index (χ0n) is 5.86. The summed E-state index contributed by atoms with van der Waals surface area (Å²) < 4.78 is 8.97. The van der Waals surface area contributed by atoms with Crippen molar-refractivity contribution in [2.75, 3.05) is 6.54 Å². The minimum atomic E-state index is -3.87. The molecule has 0 spiro atoms. The second-order valence-electron chi connectivity index (χ2n) is 2.36. The zero-order chi connectivity index (χ0) is 8.54. The van der Waals surface area contributed by atoms with Gasteiger partial charge in [-0.2, -0.15) is 0 Å². The Morgan fingerprint density at radius 2 is 1.73 bits per heavy atom. The van der Waals surface area contributed by atoms with Crippen LogP contribution in [0.4, 0.5) is 0 Å². The molecule has 0 saturated carbocycles. The largest absolute Gasteiger partial charge is 0.659 e. The van der Waals surface area contributed by atoms with Gasteiger partial charge >= 0.3 is 17.9 Å². The summed E-state index contributed by atoms with van der Waals surface area (Å²) in [5.74, 6) is 0. The fourth-order valence-corrected chi connectivity index (χ4v) is 5.70. The van der Waals surface area contributed by atoms with E-state index < -0.39 is 17.9 Å². The van der Waals surface area contributed by atoms with E-state index in [1.54, 1.807) is 0 Å². The molecule has 1 aliphatic rings. The third kappa shape index (κ3) is 2.32. The van der Waals surface area contributed by atoms with Crippen LogP contribution >= 0.6 is 0 Å². The van der Waals surface area contributed by atoms with Crippen molar-refractivity contribution in [3.63, 3.8) is 0 Å². The lowest BCUT2D eigenvalue weighted by Crippen LogP contribution is -2.71. The summed E-state index contributed by atoms with van der Waals surface area (Å²) in [6, 6.07) is 0.291. The Bertz CT molecular complexity index is 145. The van der Waals surface area contributed by atoms with Gasteiger partial charge in [-0.15, -0.1) is 0 Å². The Labute approximate surface area is 66.0 Å². The quantitative estimate of drug-likeness (QED) is 0.380. The van der Waals surface area contributed by atoms with Crippen LogP contribution in [0.2, 0.25) is 6.04 Å². The molecule has 8 heteroatoms. The molecule has 11 heavy (non-hydrogen) atoms. The summed E-state index contributed by atoms with van der Waals surface area (Å²) >= 11 is 0. The molecule has 0 atom stereocenters. The van der Waals surface area contributed by atoms with Gasteiger partial charge < -0.3 is 28.4 Å². The Hall–Kier alpha value is 0.194. The molecular formula is C3H11NO5Si2. The van der Waals surface area contributed by atoms with Gasteiger partial charge in [0.15, 0.2) is 0 Å². The van der Waals surface area contributed by atoms with Gasteiger partial charge in [-0.3, -0.25) is 0 Å². The molecule has 1 heterocycles. The molecule has 6 nitrogen and oxygen atoms in total. The highest BCUT2D eigenvalue weighted by atomic mass is 28.6. The second-order valence-corrected chi connectivity index (χ2v) is 7.01. The SMILES string of the molecule is NCCC[Si]1(O)O[Si](O)(O)O1. The molecule has 1 saturated heterocycles. The third-order valence-electron chi connectivity index (χ3n) is 1.28. The van der Waals surface area contributed by atoms with Crippen LogP contribution in [0.1, 0.15) is 6.42 Å². The number of hydrogen-bond donors (Lipinski definition) is 4.